The van der Waals surface area contributed by atoms with Gasteiger partial charge < -0.3 is 9.80 Å². The fraction of sp³-hybridized carbons (Fsp3) is 1.00. The van der Waals surface area contributed by atoms with E-state index in [1.54, 1.807) is 0 Å². The molecule has 0 spiro atoms. The Labute approximate surface area is 142 Å². The molecule has 2 nitrogen and oxygen atoms in total. The van der Waals surface area contributed by atoms with Gasteiger partial charge >= 0.3 is 0 Å². The maximum absolute atomic E-state index is 2.39. The van der Waals surface area contributed by atoms with Crippen molar-refractivity contribution in [1.82, 2.24) is 9.80 Å². The molecule has 0 aromatic carbocycles. The molecule has 2 atom stereocenters. The second-order valence-electron chi connectivity index (χ2n) is 7.18. The van der Waals surface area contributed by atoms with Crippen molar-refractivity contribution >= 4 is 0 Å². The zero-order valence-electron chi connectivity index (χ0n) is 17.1. The van der Waals surface area contributed by atoms with Gasteiger partial charge in [-0.15, -0.1) is 0 Å². The van der Waals surface area contributed by atoms with Crippen LogP contribution in [0.5, 0.6) is 0 Å². The van der Waals surface area contributed by atoms with E-state index in [1.165, 1.54) is 64.7 Å². The van der Waals surface area contributed by atoms with E-state index in [9.17, 15) is 0 Å². The molecule has 0 saturated carbocycles. The first kappa shape index (κ1) is 24.2. The molecular formula is C20H46N2. The summed E-state index contributed by atoms with van der Waals surface area (Å²) < 4.78 is 0. The van der Waals surface area contributed by atoms with E-state index in [0.717, 1.165) is 11.8 Å². The summed E-state index contributed by atoms with van der Waals surface area (Å²) in [5.74, 6) is 1.79. The van der Waals surface area contributed by atoms with Crippen LogP contribution in [0.3, 0.4) is 0 Å². The van der Waals surface area contributed by atoms with E-state index in [1.807, 2.05) is 0 Å². The molecule has 0 amide bonds. The van der Waals surface area contributed by atoms with Crippen molar-refractivity contribution in [3.05, 3.63) is 0 Å². The number of hydrogen-bond donors (Lipinski definition) is 0. The van der Waals surface area contributed by atoms with Crippen LogP contribution in [0, 0.1) is 11.8 Å². The molecular weight excluding hydrogens is 268 g/mol. The predicted molar refractivity (Wildman–Crippen MR) is 104 cm³/mol. The fourth-order valence-corrected chi connectivity index (χ4v) is 2.54. The molecule has 0 heterocycles. The maximum atomic E-state index is 2.39. The summed E-state index contributed by atoms with van der Waals surface area (Å²) in [6, 6.07) is 0. The SMILES string of the molecule is CCCC(C)CCN(C)CC.CCCCC(C)CN(C)CC. The lowest BCUT2D eigenvalue weighted by atomic mass is 10.0. The molecule has 0 aliphatic carbocycles. The summed E-state index contributed by atoms with van der Waals surface area (Å²) in [5, 5.41) is 0. The molecule has 0 aromatic heterocycles. The summed E-state index contributed by atoms with van der Waals surface area (Å²) in [6.45, 7) is 18.5. The van der Waals surface area contributed by atoms with E-state index in [0.29, 0.717) is 0 Å². The number of hydrogen-bond acceptors (Lipinski definition) is 2. The third-order valence-electron chi connectivity index (χ3n) is 4.54. The molecule has 0 aliphatic heterocycles. The molecule has 0 aliphatic rings. The van der Waals surface area contributed by atoms with Gasteiger partial charge in [0.05, 0.1) is 0 Å². The van der Waals surface area contributed by atoms with E-state index in [-0.39, 0.29) is 0 Å². The topological polar surface area (TPSA) is 6.48 Å². The van der Waals surface area contributed by atoms with Gasteiger partial charge in [0.1, 0.15) is 0 Å². The molecule has 136 valence electrons. The molecule has 0 radical (unpaired) electrons. The van der Waals surface area contributed by atoms with Crippen LogP contribution in [-0.4, -0.2) is 50.1 Å². The lowest BCUT2D eigenvalue weighted by Gasteiger charge is -2.19. The predicted octanol–water partition coefficient (Wildman–Crippen LogP) is 5.53. The largest absolute Gasteiger partial charge is 0.307 e. The first-order valence-electron chi connectivity index (χ1n) is 9.78. The smallest absolute Gasteiger partial charge is 0.000385 e. The summed E-state index contributed by atoms with van der Waals surface area (Å²) in [7, 11) is 4.39. The molecule has 0 aromatic rings. The molecule has 0 saturated heterocycles. The van der Waals surface area contributed by atoms with E-state index < -0.39 is 0 Å². The Hall–Kier alpha value is -0.0800. The van der Waals surface area contributed by atoms with Crippen LogP contribution in [-0.2, 0) is 0 Å². The number of unbranched alkanes of at least 4 members (excludes halogenated alkanes) is 1. The van der Waals surface area contributed by atoms with Crippen molar-refractivity contribution in [2.24, 2.45) is 11.8 Å². The second-order valence-corrected chi connectivity index (χ2v) is 7.18. The van der Waals surface area contributed by atoms with Gasteiger partial charge in [0.2, 0.25) is 0 Å². The minimum atomic E-state index is 0.875. The van der Waals surface area contributed by atoms with Gasteiger partial charge in [-0.1, -0.05) is 67.2 Å². The maximum Gasteiger partial charge on any atom is 0.000385 e. The minimum absolute atomic E-state index is 0.875. The van der Waals surface area contributed by atoms with Crippen molar-refractivity contribution in [2.75, 3.05) is 40.3 Å². The Balaban J connectivity index is 0. The highest BCUT2D eigenvalue weighted by molar-refractivity contribution is 4.57. The van der Waals surface area contributed by atoms with Crippen LogP contribution >= 0.6 is 0 Å². The van der Waals surface area contributed by atoms with Crippen molar-refractivity contribution < 1.29 is 0 Å². The summed E-state index contributed by atoms with van der Waals surface area (Å²) >= 11 is 0. The lowest BCUT2D eigenvalue weighted by molar-refractivity contribution is 0.287. The first-order valence-corrected chi connectivity index (χ1v) is 9.78. The Kier molecular flexibility index (Phi) is 19.0. The van der Waals surface area contributed by atoms with Gasteiger partial charge in [-0.05, 0) is 58.4 Å². The quantitative estimate of drug-likeness (QED) is 0.467. The van der Waals surface area contributed by atoms with Crippen molar-refractivity contribution in [3.63, 3.8) is 0 Å². The van der Waals surface area contributed by atoms with Crippen LogP contribution in [0.25, 0.3) is 0 Å². The standard InChI is InChI=1S/2C10H23N/c1-5-7-10(3)8-9-11(4)6-2;1-5-7-8-10(3)9-11(4)6-2/h2*10H,5-9H2,1-4H3. The third-order valence-corrected chi connectivity index (χ3v) is 4.54. The summed E-state index contributed by atoms with van der Waals surface area (Å²) in [5.41, 5.74) is 0. The van der Waals surface area contributed by atoms with Crippen LogP contribution in [0.1, 0.15) is 80.1 Å². The Morgan fingerprint density at radius 1 is 0.682 bits per heavy atom. The van der Waals surface area contributed by atoms with E-state index in [2.05, 4.69) is 65.4 Å². The van der Waals surface area contributed by atoms with Gasteiger partial charge in [-0.3, -0.25) is 0 Å². The zero-order valence-corrected chi connectivity index (χ0v) is 17.1. The Morgan fingerprint density at radius 2 is 1.27 bits per heavy atom. The van der Waals surface area contributed by atoms with Crippen LogP contribution in [0.2, 0.25) is 0 Å². The molecule has 0 N–H and O–H groups in total. The third kappa shape index (κ3) is 18.0. The average molecular weight is 315 g/mol. The zero-order chi connectivity index (χ0) is 17.4. The number of rotatable bonds is 12. The Morgan fingerprint density at radius 3 is 1.73 bits per heavy atom. The highest BCUT2D eigenvalue weighted by atomic mass is 15.1. The van der Waals surface area contributed by atoms with Gasteiger partial charge in [-0.25, -0.2) is 0 Å². The van der Waals surface area contributed by atoms with Crippen molar-refractivity contribution in [1.29, 1.82) is 0 Å². The van der Waals surface area contributed by atoms with Crippen LogP contribution in [0.4, 0.5) is 0 Å². The molecule has 2 unspecified atom stereocenters. The monoisotopic (exact) mass is 314 g/mol. The van der Waals surface area contributed by atoms with Gasteiger partial charge in [0, 0.05) is 6.54 Å². The van der Waals surface area contributed by atoms with Crippen LogP contribution in [0.15, 0.2) is 0 Å². The summed E-state index contributed by atoms with van der Waals surface area (Å²) in [6.07, 6.45) is 8.19. The fourth-order valence-electron chi connectivity index (χ4n) is 2.54. The summed E-state index contributed by atoms with van der Waals surface area (Å²) in [4.78, 5) is 4.77. The molecule has 0 fully saturated rings. The highest BCUT2D eigenvalue weighted by Crippen LogP contribution is 2.09. The molecule has 0 bridgehead atoms. The highest BCUT2D eigenvalue weighted by Gasteiger charge is 2.03. The van der Waals surface area contributed by atoms with E-state index in [4.69, 9.17) is 0 Å². The molecule has 2 heteroatoms. The first-order chi connectivity index (χ1) is 10.4. The van der Waals surface area contributed by atoms with Crippen molar-refractivity contribution in [2.45, 2.75) is 80.1 Å². The van der Waals surface area contributed by atoms with Gasteiger partial charge in [0.15, 0.2) is 0 Å². The van der Waals surface area contributed by atoms with E-state index >= 15 is 0 Å². The van der Waals surface area contributed by atoms with Gasteiger partial charge in [-0.2, -0.15) is 0 Å². The van der Waals surface area contributed by atoms with Gasteiger partial charge in [0.25, 0.3) is 0 Å². The minimum Gasteiger partial charge on any atom is -0.307 e. The average Bonchev–Trinajstić information content (AvgIpc) is 2.51. The van der Waals surface area contributed by atoms with Crippen LogP contribution < -0.4 is 0 Å². The lowest BCUT2D eigenvalue weighted by Crippen LogP contribution is -2.23. The molecule has 22 heavy (non-hydrogen) atoms. The number of nitrogens with zero attached hydrogens (tertiary/aromatic N) is 2. The van der Waals surface area contributed by atoms with Crippen molar-refractivity contribution in [3.8, 4) is 0 Å². The second kappa shape index (κ2) is 17.3. The molecule has 0 rings (SSSR count). The normalized spacial score (nSPS) is 13.9. The Bertz CT molecular complexity index is 206.